The molecule has 4 rings (SSSR count). The van der Waals surface area contributed by atoms with E-state index >= 15 is 0 Å². The normalized spacial score (nSPS) is 17.5. The van der Waals surface area contributed by atoms with Gasteiger partial charge in [0.2, 0.25) is 10.0 Å². The van der Waals surface area contributed by atoms with Gasteiger partial charge in [0.15, 0.2) is 0 Å². The molecule has 1 saturated heterocycles. The summed E-state index contributed by atoms with van der Waals surface area (Å²) in [7, 11) is -3.35. The van der Waals surface area contributed by atoms with E-state index in [-0.39, 0.29) is 19.3 Å². The molecule has 0 aromatic carbocycles. The van der Waals surface area contributed by atoms with Crippen LogP contribution in [0.15, 0.2) is 18.5 Å². The molecule has 2 N–H and O–H groups in total. The first-order valence-corrected chi connectivity index (χ1v) is 11.7. The van der Waals surface area contributed by atoms with Crippen molar-refractivity contribution in [2.75, 3.05) is 26.0 Å². The molecule has 0 amide bonds. The van der Waals surface area contributed by atoms with E-state index in [1.165, 1.54) is 0 Å². The number of piperidine rings is 1. The average Bonchev–Trinajstić information content (AvgIpc) is 3.29. The maximum atomic E-state index is 13.4. The number of alkyl halides is 1. The van der Waals surface area contributed by atoms with Crippen molar-refractivity contribution in [1.82, 2.24) is 29.1 Å². The van der Waals surface area contributed by atoms with Crippen LogP contribution in [0, 0.1) is 0 Å². The zero-order chi connectivity index (χ0) is 20.8. The maximum Gasteiger partial charge on any atom is 0.209 e. The molecule has 29 heavy (non-hydrogen) atoms. The highest BCUT2D eigenvalue weighted by Crippen LogP contribution is 2.34. The summed E-state index contributed by atoms with van der Waals surface area (Å²) in [6.45, 7) is 5.15. The molecule has 8 nitrogen and oxygen atoms in total. The average molecular weight is 423 g/mol. The number of hydrogen-bond donors (Lipinski definition) is 2. The fourth-order valence-electron chi connectivity index (χ4n) is 4.17. The van der Waals surface area contributed by atoms with Gasteiger partial charge in [-0.1, -0.05) is 0 Å². The van der Waals surface area contributed by atoms with Crippen molar-refractivity contribution in [1.29, 1.82) is 0 Å². The first-order valence-electron chi connectivity index (χ1n) is 9.78. The van der Waals surface area contributed by atoms with E-state index in [9.17, 15) is 12.8 Å². The number of nitrogens with zero attached hydrogens (tertiary/aromatic N) is 4. The van der Waals surface area contributed by atoms with E-state index < -0.39 is 15.6 Å². The summed E-state index contributed by atoms with van der Waals surface area (Å²) < 4.78 is 41.5. The molecule has 1 aliphatic heterocycles. The van der Waals surface area contributed by atoms with Gasteiger partial charge in [-0.2, -0.15) is 0 Å². The number of fused-ring (bicyclic) bond motifs is 3. The Kier molecular flexibility index (Phi) is 5.12. The van der Waals surface area contributed by atoms with Gasteiger partial charge >= 0.3 is 0 Å². The first-order chi connectivity index (χ1) is 13.7. The molecule has 158 valence electrons. The second-order valence-electron chi connectivity index (χ2n) is 8.39. The van der Waals surface area contributed by atoms with E-state index in [0.29, 0.717) is 5.82 Å². The lowest BCUT2D eigenvalue weighted by Crippen LogP contribution is -2.49. The zero-order valence-corrected chi connectivity index (χ0v) is 17.8. The molecule has 0 radical (unpaired) electrons. The molecule has 0 atom stereocenters. The quantitative estimate of drug-likeness (QED) is 0.636. The van der Waals surface area contributed by atoms with Gasteiger partial charge in [0.1, 0.15) is 23.7 Å². The highest BCUT2D eigenvalue weighted by Gasteiger charge is 2.32. The topological polar surface area (TPSA) is 95.9 Å². The van der Waals surface area contributed by atoms with E-state index in [2.05, 4.69) is 24.2 Å². The van der Waals surface area contributed by atoms with Crippen molar-refractivity contribution in [3.05, 3.63) is 24.3 Å². The van der Waals surface area contributed by atoms with Gasteiger partial charge < -0.3 is 9.55 Å². The van der Waals surface area contributed by atoms with Gasteiger partial charge in [-0.25, -0.2) is 27.5 Å². The Labute approximate surface area is 169 Å². The fraction of sp³-hybridized carbons (Fsp3) is 0.579. The number of likely N-dealkylation sites (tertiary alicyclic amines) is 1. The molecule has 1 fully saturated rings. The molecule has 0 aliphatic carbocycles. The molecular formula is C19H27FN6O2S. The van der Waals surface area contributed by atoms with Crippen LogP contribution in [0.1, 0.15) is 38.6 Å². The third kappa shape index (κ3) is 3.88. The monoisotopic (exact) mass is 422 g/mol. The number of imidazole rings is 1. The Morgan fingerprint density at radius 3 is 2.72 bits per heavy atom. The smallest absolute Gasteiger partial charge is 0.209 e. The van der Waals surface area contributed by atoms with Gasteiger partial charge in [0.25, 0.3) is 0 Å². The lowest BCUT2D eigenvalue weighted by Gasteiger charge is -2.42. The number of aromatic nitrogens is 4. The van der Waals surface area contributed by atoms with Crippen molar-refractivity contribution in [2.45, 2.75) is 44.8 Å². The van der Waals surface area contributed by atoms with E-state index in [1.54, 1.807) is 6.20 Å². The molecule has 0 spiro atoms. The fourth-order valence-corrected chi connectivity index (χ4v) is 4.56. The Hall–Kier alpha value is -2.04. The molecule has 0 saturated carbocycles. The SMILES string of the molecule is CC(C)(CF)N1CCC(n2c(CNS(C)(=O)=O)nc3cnc4[nH]ccc4c32)CC1. The van der Waals surface area contributed by atoms with Gasteiger partial charge in [0, 0.05) is 36.3 Å². The van der Waals surface area contributed by atoms with Crippen LogP contribution in [0.5, 0.6) is 0 Å². The van der Waals surface area contributed by atoms with Gasteiger partial charge in [0.05, 0.1) is 24.5 Å². The lowest BCUT2D eigenvalue weighted by molar-refractivity contribution is 0.0577. The van der Waals surface area contributed by atoms with Crippen LogP contribution in [0.2, 0.25) is 0 Å². The second-order valence-corrected chi connectivity index (χ2v) is 10.2. The number of aromatic amines is 1. The highest BCUT2D eigenvalue weighted by atomic mass is 32.2. The molecule has 3 aromatic heterocycles. The van der Waals surface area contributed by atoms with Crippen LogP contribution < -0.4 is 4.72 Å². The predicted octanol–water partition coefficient (Wildman–Crippen LogP) is 2.35. The Morgan fingerprint density at radius 1 is 1.34 bits per heavy atom. The molecule has 0 unspecified atom stereocenters. The van der Waals surface area contributed by atoms with Gasteiger partial charge in [-0.3, -0.25) is 4.90 Å². The minimum Gasteiger partial charge on any atom is -0.346 e. The largest absolute Gasteiger partial charge is 0.346 e. The minimum atomic E-state index is -3.35. The number of halogens is 1. The first kappa shape index (κ1) is 20.2. The summed E-state index contributed by atoms with van der Waals surface area (Å²) in [4.78, 5) is 14.4. The number of rotatable bonds is 6. The number of pyridine rings is 1. The summed E-state index contributed by atoms with van der Waals surface area (Å²) >= 11 is 0. The number of hydrogen-bond acceptors (Lipinski definition) is 5. The van der Waals surface area contributed by atoms with Crippen LogP contribution in [-0.4, -0.2) is 64.4 Å². The van der Waals surface area contributed by atoms with E-state index in [1.807, 2.05) is 26.1 Å². The number of nitrogens with one attached hydrogen (secondary N) is 2. The molecule has 10 heteroatoms. The van der Waals surface area contributed by atoms with E-state index in [4.69, 9.17) is 4.98 Å². The maximum absolute atomic E-state index is 13.4. The van der Waals surface area contributed by atoms with Crippen LogP contribution in [0.3, 0.4) is 0 Å². The van der Waals surface area contributed by atoms with Crippen LogP contribution in [0.4, 0.5) is 4.39 Å². The van der Waals surface area contributed by atoms with Crippen LogP contribution in [-0.2, 0) is 16.6 Å². The summed E-state index contributed by atoms with van der Waals surface area (Å²) in [5.41, 5.74) is 2.01. The van der Waals surface area contributed by atoms with Gasteiger partial charge in [-0.15, -0.1) is 0 Å². The van der Waals surface area contributed by atoms with Crippen molar-refractivity contribution in [3.63, 3.8) is 0 Å². The summed E-state index contributed by atoms with van der Waals surface area (Å²) in [6.07, 6.45) is 6.39. The highest BCUT2D eigenvalue weighted by molar-refractivity contribution is 7.88. The predicted molar refractivity (Wildman–Crippen MR) is 111 cm³/mol. The summed E-state index contributed by atoms with van der Waals surface area (Å²) in [5, 5.41) is 0.965. The van der Waals surface area contributed by atoms with Crippen molar-refractivity contribution in [3.8, 4) is 0 Å². The molecular weight excluding hydrogens is 395 g/mol. The van der Waals surface area contributed by atoms with Crippen LogP contribution >= 0.6 is 0 Å². The summed E-state index contributed by atoms with van der Waals surface area (Å²) in [6, 6.07) is 2.13. The Balaban J connectivity index is 1.74. The summed E-state index contributed by atoms with van der Waals surface area (Å²) in [5.74, 6) is 0.670. The Bertz CT molecular complexity index is 1130. The minimum absolute atomic E-state index is 0.121. The third-order valence-corrected chi connectivity index (χ3v) is 6.48. The van der Waals surface area contributed by atoms with Gasteiger partial charge in [-0.05, 0) is 32.8 Å². The molecule has 3 aromatic rings. The standard InChI is InChI=1S/C19H27FN6O2S/c1-19(2,12-20)25-8-5-13(6-9-25)26-16(11-23-29(3,27)28)24-15-10-22-18-14(17(15)26)4-7-21-18/h4,7,10,13,23H,5-6,8-9,11-12H2,1-3H3,(H,21,22). The third-order valence-electron chi connectivity index (χ3n) is 5.81. The molecule has 4 heterocycles. The zero-order valence-electron chi connectivity index (χ0n) is 16.9. The Morgan fingerprint density at radius 2 is 2.07 bits per heavy atom. The molecule has 0 bridgehead atoms. The van der Waals surface area contributed by atoms with Crippen molar-refractivity contribution < 1.29 is 12.8 Å². The molecule has 1 aliphatic rings. The second kappa shape index (κ2) is 7.33. The number of sulfonamides is 1. The van der Waals surface area contributed by atoms with Crippen LogP contribution in [0.25, 0.3) is 22.1 Å². The lowest BCUT2D eigenvalue weighted by atomic mass is 9.97. The van der Waals surface area contributed by atoms with Crippen molar-refractivity contribution >= 4 is 32.1 Å². The van der Waals surface area contributed by atoms with E-state index in [0.717, 1.165) is 54.3 Å². The number of H-pyrrole nitrogens is 1. The van der Waals surface area contributed by atoms with Crippen molar-refractivity contribution in [2.24, 2.45) is 0 Å².